The Labute approximate surface area is 109 Å². The maximum atomic E-state index is 12.2. The fraction of sp³-hybridized carbons (Fsp3) is 0.846. The van der Waals surface area contributed by atoms with E-state index < -0.39 is 0 Å². The van der Waals surface area contributed by atoms with E-state index in [0.717, 1.165) is 19.4 Å². The van der Waals surface area contributed by atoms with Gasteiger partial charge in [0.2, 0.25) is 11.8 Å². The van der Waals surface area contributed by atoms with Crippen molar-refractivity contribution in [1.82, 2.24) is 15.5 Å². The number of piperidine rings is 1. The molecular weight excluding hydrogens is 230 g/mol. The third-order valence-electron chi connectivity index (χ3n) is 3.05. The number of nitrogens with one attached hydrogen (secondary N) is 2. The number of hydrogen-bond acceptors (Lipinski definition) is 3. The number of likely N-dealkylation sites (tertiary alicyclic amines) is 1. The van der Waals surface area contributed by atoms with Gasteiger partial charge in [0.05, 0.1) is 6.04 Å². The molecule has 0 saturated carbocycles. The highest BCUT2D eigenvalue weighted by atomic mass is 16.2. The minimum absolute atomic E-state index is 0.0178. The fourth-order valence-electron chi connectivity index (χ4n) is 2.24. The number of hydrogen-bond donors (Lipinski definition) is 2. The summed E-state index contributed by atoms with van der Waals surface area (Å²) in [5, 5.41) is 6.03. The molecule has 0 radical (unpaired) electrons. The van der Waals surface area contributed by atoms with Gasteiger partial charge < -0.3 is 15.5 Å². The molecule has 1 rings (SSSR count). The van der Waals surface area contributed by atoms with Crippen LogP contribution < -0.4 is 10.6 Å². The van der Waals surface area contributed by atoms with Crippen LogP contribution in [0.5, 0.6) is 0 Å². The molecule has 0 aromatic rings. The van der Waals surface area contributed by atoms with Crippen LogP contribution in [0.15, 0.2) is 0 Å². The van der Waals surface area contributed by atoms with Crippen molar-refractivity contribution in [2.45, 2.75) is 52.1 Å². The van der Waals surface area contributed by atoms with Gasteiger partial charge in [0.1, 0.15) is 0 Å². The van der Waals surface area contributed by atoms with Crippen LogP contribution >= 0.6 is 0 Å². The molecule has 1 aliphatic heterocycles. The molecule has 2 N–H and O–H groups in total. The van der Waals surface area contributed by atoms with Crippen molar-refractivity contribution in [2.75, 3.05) is 19.6 Å². The Bertz CT molecular complexity index is 292. The summed E-state index contributed by atoms with van der Waals surface area (Å²) in [6, 6.07) is 0.232. The molecule has 1 atom stereocenters. The molecule has 1 saturated heterocycles. The number of carbonyl (C=O) groups is 2. The summed E-state index contributed by atoms with van der Waals surface area (Å²) in [6.07, 6.45) is 2.30. The van der Waals surface area contributed by atoms with Crippen LogP contribution in [-0.2, 0) is 9.59 Å². The first-order chi connectivity index (χ1) is 8.54. The number of nitrogens with zero attached hydrogens (tertiary/aromatic N) is 1. The van der Waals surface area contributed by atoms with Gasteiger partial charge >= 0.3 is 0 Å². The minimum Gasteiger partial charge on any atom is -0.356 e. The highest BCUT2D eigenvalue weighted by Gasteiger charge is 2.28. The molecule has 0 aromatic heterocycles. The van der Waals surface area contributed by atoms with E-state index in [9.17, 15) is 9.59 Å². The van der Waals surface area contributed by atoms with E-state index in [0.29, 0.717) is 25.6 Å². The maximum Gasteiger partial charge on any atom is 0.239 e. The van der Waals surface area contributed by atoms with Crippen molar-refractivity contribution in [3.8, 4) is 0 Å². The molecule has 1 fully saturated rings. The molecule has 2 amide bonds. The van der Waals surface area contributed by atoms with Crippen LogP contribution in [0.1, 0.15) is 40.0 Å². The lowest BCUT2D eigenvalue weighted by Gasteiger charge is -2.33. The van der Waals surface area contributed by atoms with Gasteiger partial charge in [-0.05, 0) is 19.8 Å². The molecule has 0 aromatic carbocycles. The molecule has 0 bridgehead atoms. The minimum atomic E-state index is -0.0759. The molecule has 5 heteroatoms. The van der Waals surface area contributed by atoms with Crippen LogP contribution in [0.3, 0.4) is 0 Å². The monoisotopic (exact) mass is 255 g/mol. The fourth-order valence-corrected chi connectivity index (χ4v) is 2.24. The smallest absolute Gasteiger partial charge is 0.239 e. The predicted molar refractivity (Wildman–Crippen MR) is 71.2 cm³/mol. The molecule has 0 spiro atoms. The van der Waals surface area contributed by atoms with Crippen LogP contribution in [0.2, 0.25) is 0 Å². The van der Waals surface area contributed by atoms with E-state index in [1.807, 2.05) is 20.8 Å². The molecule has 1 unspecified atom stereocenters. The Balaban J connectivity index is 2.41. The van der Waals surface area contributed by atoms with Crippen molar-refractivity contribution in [2.24, 2.45) is 0 Å². The number of rotatable bonds is 6. The van der Waals surface area contributed by atoms with Gasteiger partial charge in [-0.1, -0.05) is 13.8 Å². The topological polar surface area (TPSA) is 61.4 Å². The van der Waals surface area contributed by atoms with Crippen LogP contribution in [-0.4, -0.2) is 48.4 Å². The summed E-state index contributed by atoms with van der Waals surface area (Å²) in [7, 11) is 0. The van der Waals surface area contributed by atoms with Crippen molar-refractivity contribution in [1.29, 1.82) is 0 Å². The van der Waals surface area contributed by atoms with E-state index in [1.54, 1.807) is 4.90 Å². The summed E-state index contributed by atoms with van der Waals surface area (Å²) in [5.41, 5.74) is 0. The zero-order chi connectivity index (χ0) is 13.5. The zero-order valence-electron chi connectivity index (χ0n) is 11.7. The third-order valence-corrected chi connectivity index (χ3v) is 3.05. The van der Waals surface area contributed by atoms with Crippen molar-refractivity contribution >= 4 is 11.8 Å². The Morgan fingerprint density at radius 1 is 1.50 bits per heavy atom. The number of carbonyl (C=O) groups excluding carboxylic acids is 2. The van der Waals surface area contributed by atoms with Crippen LogP contribution in [0.25, 0.3) is 0 Å². The Kier molecular flexibility index (Phi) is 6.12. The number of amides is 2. The van der Waals surface area contributed by atoms with Crippen molar-refractivity contribution in [3.63, 3.8) is 0 Å². The highest BCUT2D eigenvalue weighted by Crippen LogP contribution is 2.12. The van der Waals surface area contributed by atoms with Crippen LogP contribution in [0, 0.1) is 0 Å². The predicted octanol–water partition coefficient (Wildman–Crippen LogP) is 0.502. The first-order valence-corrected chi connectivity index (χ1v) is 6.86. The van der Waals surface area contributed by atoms with E-state index in [-0.39, 0.29) is 17.9 Å². The lowest BCUT2D eigenvalue weighted by molar-refractivity contribution is -0.136. The lowest BCUT2D eigenvalue weighted by atomic mass is 10.0. The van der Waals surface area contributed by atoms with E-state index in [4.69, 9.17) is 0 Å². The van der Waals surface area contributed by atoms with Crippen LogP contribution in [0.4, 0.5) is 0 Å². The van der Waals surface area contributed by atoms with E-state index in [1.165, 1.54) is 0 Å². The van der Waals surface area contributed by atoms with Gasteiger partial charge in [-0.2, -0.15) is 0 Å². The first-order valence-electron chi connectivity index (χ1n) is 6.86. The van der Waals surface area contributed by atoms with Crippen molar-refractivity contribution < 1.29 is 9.59 Å². The molecular formula is C13H25N3O2. The molecule has 18 heavy (non-hydrogen) atoms. The standard InChI is InChI=1S/C13H25N3O2/c1-4-14-12(17)7-9-16-8-5-6-11(13(16)18)15-10(2)3/h10-11,15H,4-9H2,1-3H3,(H,14,17). The van der Waals surface area contributed by atoms with Gasteiger partial charge in [0.15, 0.2) is 0 Å². The highest BCUT2D eigenvalue weighted by molar-refractivity contribution is 5.83. The summed E-state index contributed by atoms with van der Waals surface area (Å²) in [6.45, 7) is 7.92. The molecule has 0 aliphatic carbocycles. The normalized spacial score (nSPS) is 20.3. The summed E-state index contributed by atoms with van der Waals surface area (Å²) >= 11 is 0. The maximum absolute atomic E-state index is 12.2. The van der Waals surface area contributed by atoms with Gasteiger partial charge in [-0.25, -0.2) is 0 Å². The second-order valence-electron chi connectivity index (χ2n) is 5.04. The SMILES string of the molecule is CCNC(=O)CCN1CCCC(NC(C)C)C1=O. The Morgan fingerprint density at radius 3 is 2.83 bits per heavy atom. The zero-order valence-corrected chi connectivity index (χ0v) is 11.7. The van der Waals surface area contributed by atoms with Gasteiger partial charge in [-0.3, -0.25) is 9.59 Å². The molecule has 1 heterocycles. The van der Waals surface area contributed by atoms with Gasteiger partial charge in [0.25, 0.3) is 0 Å². The van der Waals surface area contributed by atoms with E-state index in [2.05, 4.69) is 10.6 Å². The third kappa shape index (κ3) is 4.64. The average Bonchev–Trinajstić information content (AvgIpc) is 2.30. The Hall–Kier alpha value is -1.10. The first kappa shape index (κ1) is 15.0. The van der Waals surface area contributed by atoms with E-state index >= 15 is 0 Å². The Morgan fingerprint density at radius 2 is 2.22 bits per heavy atom. The largest absolute Gasteiger partial charge is 0.356 e. The quantitative estimate of drug-likeness (QED) is 0.726. The second kappa shape index (κ2) is 7.36. The van der Waals surface area contributed by atoms with Crippen molar-refractivity contribution in [3.05, 3.63) is 0 Å². The molecule has 1 aliphatic rings. The summed E-state index contributed by atoms with van der Waals surface area (Å²) < 4.78 is 0. The molecule has 104 valence electrons. The lowest BCUT2D eigenvalue weighted by Crippen LogP contribution is -2.52. The second-order valence-corrected chi connectivity index (χ2v) is 5.04. The average molecular weight is 255 g/mol. The summed E-state index contributed by atoms with van der Waals surface area (Å²) in [5.74, 6) is 0.156. The summed E-state index contributed by atoms with van der Waals surface area (Å²) in [4.78, 5) is 25.4. The van der Waals surface area contributed by atoms with Gasteiger partial charge in [-0.15, -0.1) is 0 Å². The molecule has 5 nitrogen and oxygen atoms in total. The van der Waals surface area contributed by atoms with Gasteiger partial charge in [0, 0.05) is 32.1 Å².